The highest BCUT2D eigenvalue weighted by Gasteiger charge is 1.97. The molecule has 2 aromatic carbocycles. The summed E-state index contributed by atoms with van der Waals surface area (Å²) >= 11 is 3.43. The van der Waals surface area contributed by atoms with Crippen LogP contribution in [-0.2, 0) is 6.61 Å². The third-order valence-corrected chi connectivity index (χ3v) is 2.79. The molecule has 0 bridgehead atoms. The third-order valence-electron chi connectivity index (χ3n) is 2.30. The summed E-state index contributed by atoms with van der Waals surface area (Å²) < 4.78 is 6.72. The standard InChI is InChI=1S/C15H11BrO/c1-2-12-5-4-8-15(10-12)17-11-13-6-3-7-14(16)9-13/h1,3-10H,11H2. The van der Waals surface area contributed by atoms with Crippen LogP contribution in [0.5, 0.6) is 5.75 Å². The minimum absolute atomic E-state index is 0.535. The number of rotatable bonds is 3. The Morgan fingerprint density at radius 1 is 1.12 bits per heavy atom. The first-order chi connectivity index (χ1) is 8.28. The maximum atomic E-state index is 5.67. The van der Waals surface area contributed by atoms with Crippen LogP contribution in [0, 0.1) is 12.3 Å². The predicted molar refractivity (Wildman–Crippen MR) is 72.9 cm³/mol. The molecule has 2 heteroatoms. The molecule has 0 aliphatic rings. The van der Waals surface area contributed by atoms with Gasteiger partial charge < -0.3 is 4.74 Å². The highest BCUT2D eigenvalue weighted by atomic mass is 79.9. The van der Waals surface area contributed by atoms with Crippen LogP contribution in [0.15, 0.2) is 53.0 Å². The van der Waals surface area contributed by atoms with Crippen molar-refractivity contribution in [3.05, 3.63) is 64.1 Å². The molecule has 0 spiro atoms. The van der Waals surface area contributed by atoms with Gasteiger partial charge in [-0.25, -0.2) is 0 Å². The summed E-state index contributed by atoms with van der Waals surface area (Å²) in [6.07, 6.45) is 5.33. The predicted octanol–water partition coefficient (Wildman–Crippen LogP) is 4.01. The van der Waals surface area contributed by atoms with Crippen LogP contribution in [-0.4, -0.2) is 0 Å². The van der Waals surface area contributed by atoms with E-state index in [1.54, 1.807) is 0 Å². The number of hydrogen-bond acceptors (Lipinski definition) is 1. The third kappa shape index (κ3) is 3.37. The average Bonchev–Trinajstić information content (AvgIpc) is 2.37. The fraction of sp³-hybridized carbons (Fsp3) is 0.0667. The lowest BCUT2D eigenvalue weighted by atomic mass is 10.2. The Bertz CT molecular complexity index is 555. The van der Waals surface area contributed by atoms with Crippen LogP contribution in [0.4, 0.5) is 0 Å². The minimum Gasteiger partial charge on any atom is -0.489 e. The quantitative estimate of drug-likeness (QED) is 0.775. The summed E-state index contributed by atoms with van der Waals surface area (Å²) in [5.74, 6) is 3.38. The van der Waals surface area contributed by atoms with Crippen molar-refractivity contribution in [3.63, 3.8) is 0 Å². The number of terminal acetylenes is 1. The first kappa shape index (κ1) is 11.8. The summed E-state index contributed by atoms with van der Waals surface area (Å²) in [7, 11) is 0. The van der Waals surface area contributed by atoms with Crippen LogP contribution in [0.3, 0.4) is 0 Å². The zero-order chi connectivity index (χ0) is 12.1. The molecule has 0 amide bonds. The first-order valence-corrected chi connectivity index (χ1v) is 6.01. The van der Waals surface area contributed by atoms with Gasteiger partial charge in [-0.1, -0.05) is 40.0 Å². The number of hydrogen-bond donors (Lipinski definition) is 0. The lowest BCUT2D eigenvalue weighted by molar-refractivity contribution is 0.306. The van der Waals surface area contributed by atoms with Gasteiger partial charge >= 0.3 is 0 Å². The largest absolute Gasteiger partial charge is 0.489 e. The van der Waals surface area contributed by atoms with Crippen molar-refractivity contribution >= 4 is 15.9 Å². The van der Waals surface area contributed by atoms with Crippen molar-refractivity contribution in [2.24, 2.45) is 0 Å². The Labute approximate surface area is 110 Å². The number of benzene rings is 2. The van der Waals surface area contributed by atoms with Gasteiger partial charge in [-0.2, -0.15) is 0 Å². The van der Waals surface area contributed by atoms with E-state index in [1.807, 2.05) is 48.5 Å². The first-order valence-electron chi connectivity index (χ1n) is 5.22. The van der Waals surface area contributed by atoms with E-state index in [2.05, 4.69) is 21.9 Å². The summed E-state index contributed by atoms with van der Waals surface area (Å²) in [4.78, 5) is 0. The Morgan fingerprint density at radius 3 is 2.71 bits per heavy atom. The molecule has 84 valence electrons. The van der Waals surface area contributed by atoms with E-state index in [-0.39, 0.29) is 0 Å². The van der Waals surface area contributed by atoms with Crippen LogP contribution in [0.25, 0.3) is 0 Å². The second-order valence-corrected chi connectivity index (χ2v) is 4.51. The van der Waals surface area contributed by atoms with E-state index in [1.165, 1.54) is 0 Å². The molecule has 0 N–H and O–H groups in total. The molecule has 1 nitrogen and oxygen atoms in total. The van der Waals surface area contributed by atoms with E-state index in [0.717, 1.165) is 21.3 Å². The fourth-order valence-corrected chi connectivity index (χ4v) is 1.92. The fourth-order valence-electron chi connectivity index (χ4n) is 1.47. The maximum Gasteiger partial charge on any atom is 0.121 e. The SMILES string of the molecule is C#Cc1cccc(OCc2cccc(Br)c2)c1. The molecule has 2 rings (SSSR count). The van der Waals surface area contributed by atoms with Crippen molar-refractivity contribution in [2.45, 2.75) is 6.61 Å². The van der Waals surface area contributed by atoms with Gasteiger partial charge in [0, 0.05) is 10.0 Å². The molecule has 0 radical (unpaired) electrons. The molecule has 0 atom stereocenters. The van der Waals surface area contributed by atoms with Gasteiger partial charge in [0.25, 0.3) is 0 Å². The van der Waals surface area contributed by atoms with Crippen molar-refractivity contribution in [3.8, 4) is 18.1 Å². The number of halogens is 1. The molecule has 0 saturated carbocycles. The molecule has 0 saturated heterocycles. The smallest absolute Gasteiger partial charge is 0.121 e. The normalized spacial score (nSPS) is 9.65. The van der Waals surface area contributed by atoms with E-state index in [9.17, 15) is 0 Å². The van der Waals surface area contributed by atoms with Gasteiger partial charge in [0.05, 0.1) is 0 Å². The van der Waals surface area contributed by atoms with E-state index in [4.69, 9.17) is 11.2 Å². The zero-order valence-electron chi connectivity index (χ0n) is 9.19. The van der Waals surface area contributed by atoms with Gasteiger partial charge in [0.1, 0.15) is 12.4 Å². The second kappa shape index (κ2) is 5.56. The Hall–Kier alpha value is -1.72. The molecule has 0 unspecified atom stereocenters. The maximum absolute atomic E-state index is 5.67. The molecule has 0 aliphatic heterocycles. The highest BCUT2D eigenvalue weighted by molar-refractivity contribution is 9.10. The van der Waals surface area contributed by atoms with Crippen LogP contribution < -0.4 is 4.74 Å². The summed E-state index contributed by atoms with van der Waals surface area (Å²) in [5, 5.41) is 0. The van der Waals surface area contributed by atoms with Crippen molar-refractivity contribution in [2.75, 3.05) is 0 Å². The van der Waals surface area contributed by atoms with E-state index < -0.39 is 0 Å². The van der Waals surface area contributed by atoms with Crippen molar-refractivity contribution in [1.29, 1.82) is 0 Å². The monoisotopic (exact) mass is 286 g/mol. The van der Waals surface area contributed by atoms with Gasteiger partial charge in [-0.05, 0) is 35.9 Å². The molecule has 0 heterocycles. The van der Waals surface area contributed by atoms with Crippen LogP contribution in [0.1, 0.15) is 11.1 Å². The van der Waals surface area contributed by atoms with E-state index in [0.29, 0.717) is 6.61 Å². The Morgan fingerprint density at radius 2 is 1.94 bits per heavy atom. The number of ether oxygens (including phenoxy) is 1. The molecular formula is C15H11BrO. The zero-order valence-corrected chi connectivity index (χ0v) is 10.8. The van der Waals surface area contributed by atoms with E-state index >= 15 is 0 Å². The van der Waals surface area contributed by atoms with Crippen LogP contribution in [0.2, 0.25) is 0 Å². The lowest BCUT2D eigenvalue weighted by Gasteiger charge is -2.06. The minimum atomic E-state index is 0.535. The molecule has 2 aromatic rings. The molecular weight excluding hydrogens is 276 g/mol. The second-order valence-electron chi connectivity index (χ2n) is 3.59. The highest BCUT2D eigenvalue weighted by Crippen LogP contribution is 2.16. The molecule has 0 aliphatic carbocycles. The summed E-state index contributed by atoms with van der Waals surface area (Å²) in [5.41, 5.74) is 1.95. The molecule has 0 fully saturated rings. The van der Waals surface area contributed by atoms with Crippen molar-refractivity contribution in [1.82, 2.24) is 0 Å². The average molecular weight is 287 g/mol. The topological polar surface area (TPSA) is 9.23 Å². The van der Waals surface area contributed by atoms with Gasteiger partial charge in [0.15, 0.2) is 0 Å². The molecule has 17 heavy (non-hydrogen) atoms. The van der Waals surface area contributed by atoms with Gasteiger partial charge in [-0.3, -0.25) is 0 Å². The van der Waals surface area contributed by atoms with Crippen molar-refractivity contribution < 1.29 is 4.74 Å². The van der Waals surface area contributed by atoms with Gasteiger partial charge in [0.2, 0.25) is 0 Å². The van der Waals surface area contributed by atoms with Gasteiger partial charge in [-0.15, -0.1) is 6.42 Å². The Balaban J connectivity index is 2.05. The summed E-state index contributed by atoms with van der Waals surface area (Å²) in [6.45, 7) is 0.535. The lowest BCUT2D eigenvalue weighted by Crippen LogP contribution is -1.95. The van der Waals surface area contributed by atoms with Crippen LogP contribution >= 0.6 is 15.9 Å². The molecule has 0 aromatic heterocycles. The summed E-state index contributed by atoms with van der Waals surface area (Å²) in [6, 6.07) is 15.6. The Kier molecular flexibility index (Phi) is 3.85.